The molecule has 0 saturated carbocycles. The van der Waals surface area contributed by atoms with Crippen LogP contribution in [0, 0.1) is 5.92 Å². The molecule has 0 aliphatic rings. The minimum atomic E-state index is -0.606. The summed E-state index contributed by atoms with van der Waals surface area (Å²) in [6.45, 7) is 3.96. The highest BCUT2D eigenvalue weighted by atomic mass is 35.5. The van der Waals surface area contributed by atoms with Gasteiger partial charge in [-0.2, -0.15) is 0 Å². The van der Waals surface area contributed by atoms with Crippen molar-refractivity contribution in [1.82, 2.24) is 0 Å². The minimum absolute atomic E-state index is 0. The molecule has 0 saturated heterocycles. The van der Waals surface area contributed by atoms with Crippen LogP contribution >= 0.6 is 24.0 Å². The van der Waals surface area contributed by atoms with Gasteiger partial charge in [0.15, 0.2) is 0 Å². The van der Waals surface area contributed by atoms with E-state index in [-0.39, 0.29) is 29.1 Å². The summed E-state index contributed by atoms with van der Waals surface area (Å²) in [6.07, 6.45) is 0.256. The van der Waals surface area contributed by atoms with Crippen LogP contribution in [0.15, 0.2) is 18.2 Å². The third-order valence-electron chi connectivity index (χ3n) is 2.95. The van der Waals surface area contributed by atoms with Crippen LogP contribution in [-0.4, -0.2) is 16.3 Å². The number of phenols is 1. The average molecular weight is 280 g/mol. The van der Waals surface area contributed by atoms with Crippen molar-refractivity contribution in [2.45, 2.75) is 32.4 Å². The maximum absolute atomic E-state index is 9.97. The first kappa shape index (κ1) is 16.5. The Balaban J connectivity index is 0.00000256. The highest BCUT2D eigenvalue weighted by molar-refractivity contribution is 6.32. The summed E-state index contributed by atoms with van der Waals surface area (Å²) in [5.41, 5.74) is 6.68. The summed E-state index contributed by atoms with van der Waals surface area (Å²) in [4.78, 5) is 0. The highest BCUT2D eigenvalue weighted by Gasteiger charge is 2.22. The zero-order valence-electron chi connectivity index (χ0n) is 9.93. The third kappa shape index (κ3) is 4.03. The van der Waals surface area contributed by atoms with Crippen LogP contribution in [0.2, 0.25) is 5.02 Å². The zero-order valence-corrected chi connectivity index (χ0v) is 11.5. The molecule has 0 bridgehead atoms. The van der Waals surface area contributed by atoms with Crippen molar-refractivity contribution < 1.29 is 10.2 Å². The van der Waals surface area contributed by atoms with Crippen molar-refractivity contribution in [2.75, 3.05) is 0 Å². The van der Waals surface area contributed by atoms with Gasteiger partial charge in [-0.25, -0.2) is 0 Å². The second kappa shape index (κ2) is 7.07. The number of hydrogen-bond donors (Lipinski definition) is 3. The summed E-state index contributed by atoms with van der Waals surface area (Å²) in [5, 5.41) is 19.5. The fraction of sp³-hybridized carbons (Fsp3) is 0.500. The largest absolute Gasteiger partial charge is 0.506 e. The highest BCUT2D eigenvalue weighted by Crippen LogP contribution is 2.28. The van der Waals surface area contributed by atoms with Gasteiger partial charge >= 0.3 is 0 Å². The second-order valence-electron chi connectivity index (χ2n) is 4.11. The number of halogens is 2. The molecule has 1 aromatic carbocycles. The first-order chi connectivity index (χ1) is 7.47. The number of hydrogen-bond acceptors (Lipinski definition) is 3. The molecule has 98 valence electrons. The second-order valence-corrected chi connectivity index (χ2v) is 4.52. The third-order valence-corrected chi connectivity index (χ3v) is 3.25. The lowest BCUT2D eigenvalue weighted by molar-refractivity contribution is 0.0880. The molecule has 1 aromatic rings. The van der Waals surface area contributed by atoms with E-state index in [2.05, 4.69) is 0 Å². The fourth-order valence-electron chi connectivity index (χ4n) is 1.52. The maximum Gasteiger partial charge on any atom is 0.134 e. The van der Waals surface area contributed by atoms with Gasteiger partial charge in [0, 0.05) is 0 Å². The van der Waals surface area contributed by atoms with Gasteiger partial charge in [-0.15, -0.1) is 12.4 Å². The number of aromatic hydroxyl groups is 1. The van der Waals surface area contributed by atoms with Crippen LogP contribution in [-0.2, 0) is 0 Å². The quantitative estimate of drug-likeness (QED) is 0.794. The molecule has 0 amide bonds. The summed E-state index contributed by atoms with van der Waals surface area (Å²) in [5.74, 6) is 0.151. The number of nitrogens with two attached hydrogens (primary N) is 1. The predicted molar refractivity (Wildman–Crippen MR) is 72.8 cm³/mol. The average Bonchev–Trinajstić information content (AvgIpc) is 2.29. The zero-order chi connectivity index (χ0) is 12.3. The predicted octanol–water partition coefficient (Wildman–Crippen LogP) is 2.87. The SMILES string of the molecule is CCC(C)[C@H](O)[C@H](N)c1ccc(O)c(Cl)c1.Cl. The molecule has 0 aromatic heterocycles. The van der Waals surface area contributed by atoms with Gasteiger partial charge in [0.25, 0.3) is 0 Å². The Bertz CT molecular complexity index is 360. The van der Waals surface area contributed by atoms with Crippen molar-refractivity contribution >= 4 is 24.0 Å². The number of rotatable bonds is 4. The number of phenolic OH excluding ortho intramolecular Hbond substituents is 1. The Hall–Kier alpha value is -0.480. The smallest absolute Gasteiger partial charge is 0.134 e. The van der Waals surface area contributed by atoms with Crippen LogP contribution in [0.4, 0.5) is 0 Å². The summed E-state index contributed by atoms with van der Waals surface area (Å²) < 4.78 is 0. The molecule has 3 nitrogen and oxygen atoms in total. The van der Waals surface area contributed by atoms with E-state index < -0.39 is 12.1 Å². The normalized spacial score (nSPS) is 15.8. The lowest BCUT2D eigenvalue weighted by Crippen LogP contribution is -2.31. The van der Waals surface area contributed by atoms with Gasteiger partial charge in [0.05, 0.1) is 17.2 Å². The molecule has 0 radical (unpaired) electrons. The number of benzene rings is 1. The van der Waals surface area contributed by atoms with Crippen LogP contribution in [0.3, 0.4) is 0 Å². The van der Waals surface area contributed by atoms with Gasteiger partial charge in [0.2, 0.25) is 0 Å². The van der Waals surface area contributed by atoms with Crippen LogP contribution < -0.4 is 5.73 Å². The van der Waals surface area contributed by atoms with Crippen molar-refractivity contribution in [3.63, 3.8) is 0 Å². The minimum Gasteiger partial charge on any atom is -0.506 e. The number of aliphatic hydroxyl groups is 1. The van der Waals surface area contributed by atoms with Gasteiger partial charge in [0.1, 0.15) is 5.75 Å². The monoisotopic (exact) mass is 279 g/mol. The fourth-order valence-corrected chi connectivity index (χ4v) is 1.71. The summed E-state index contributed by atoms with van der Waals surface area (Å²) in [6, 6.07) is 4.28. The van der Waals surface area contributed by atoms with E-state index in [4.69, 9.17) is 17.3 Å². The molecule has 0 aliphatic carbocycles. The Morgan fingerprint density at radius 1 is 1.41 bits per heavy atom. The summed E-state index contributed by atoms with van der Waals surface area (Å²) >= 11 is 5.79. The molecule has 1 rings (SSSR count). The summed E-state index contributed by atoms with van der Waals surface area (Å²) in [7, 11) is 0. The Labute approximate surface area is 113 Å². The van der Waals surface area contributed by atoms with E-state index in [0.717, 1.165) is 12.0 Å². The lowest BCUT2D eigenvalue weighted by atomic mass is 9.91. The van der Waals surface area contributed by atoms with E-state index in [1.807, 2.05) is 13.8 Å². The topological polar surface area (TPSA) is 66.5 Å². The molecular formula is C12H19Cl2NO2. The Kier molecular flexibility index (Phi) is 6.87. The molecule has 5 heteroatoms. The number of aliphatic hydroxyl groups excluding tert-OH is 1. The molecule has 0 heterocycles. The molecule has 0 fully saturated rings. The van der Waals surface area contributed by atoms with Crippen molar-refractivity contribution in [1.29, 1.82) is 0 Å². The van der Waals surface area contributed by atoms with Gasteiger partial charge in [-0.05, 0) is 23.6 Å². The first-order valence-corrected chi connectivity index (χ1v) is 5.77. The van der Waals surface area contributed by atoms with Gasteiger partial charge in [-0.1, -0.05) is 37.9 Å². The molecule has 0 aliphatic heterocycles. The molecule has 1 unspecified atom stereocenters. The molecule has 4 N–H and O–H groups in total. The first-order valence-electron chi connectivity index (χ1n) is 5.39. The molecule has 3 atom stereocenters. The van der Waals surface area contributed by atoms with Crippen molar-refractivity contribution in [3.05, 3.63) is 28.8 Å². The molecule has 0 spiro atoms. The standard InChI is InChI=1S/C12H18ClNO2.ClH/c1-3-7(2)12(16)11(14)8-4-5-10(15)9(13)6-8;/h4-7,11-12,15-16H,3,14H2,1-2H3;1H/t7?,11-,12+;/m1./s1. The maximum atomic E-state index is 9.97. The van der Waals surface area contributed by atoms with Crippen molar-refractivity contribution in [3.8, 4) is 5.75 Å². The van der Waals surface area contributed by atoms with E-state index in [0.29, 0.717) is 0 Å². The Morgan fingerprint density at radius 2 is 2.00 bits per heavy atom. The van der Waals surface area contributed by atoms with E-state index in [9.17, 15) is 10.2 Å². The Morgan fingerprint density at radius 3 is 2.47 bits per heavy atom. The van der Waals surface area contributed by atoms with Gasteiger partial charge in [-0.3, -0.25) is 0 Å². The van der Waals surface area contributed by atoms with Crippen LogP contribution in [0.25, 0.3) is 0 Å². The van der Waals surface area contributed by atoms with E-state index in [1.165, 1.54) is 6.07 Å². The van der Waals surface area contributed by atoms with Crippen LogP contribution in [0.5, 0.6) is 5.75 Å². The lowest BCUT2D eigenvalue weighted by Gasteiger charge is -2.24. The van der Waals surface area contributed by atoms with E-state index in [1.54, 1.807) is 12.1 Å². The molecular weight excluding hydrogens is 261 g/mol. The molecule has 17 heavy (non-hydrogen) atoms. The van der Waals surface area contributed by atoms with E-state index >= 15 is 0 Å². The van der Waals surface area contributed by atoms with Crippen LogP contribution in [0.1, 0.15) is 31.9 Å². The van der Waals surface area contributed by atoms with Crippen molar-refractivity contribution in [2.24, 2.45) is 11.7 Å². The van der Waals surface area contributed by atoms with Gasteiger partial charge < -0.3 is 15.9 Å².